The van der Waals surface area contributed by atoms with E-state index in [1.807, 2.05) is 0 Å². The zero-order valence-corrected chi connectivity index (χ0v) is 17.6. The highest BCUT2D eigenvalue weighted by molar-refractivity contribution is 7.92. The number of rotatable bonds is 8. The van der Waals surface area contributed by atoms with Crippen LogP contribution in [0.15, 0.2) is 71.6 Å². The minimum Gasteiger partial charge on any atom is -0.495 e. The number of nitrogens with zero attached hydrogens (tertiary/aromatic N) is 1. The molecule has 0 aromatic heterocycles. The van der Waals surface area contributed by atoms with E-state index in [-0.39, 0.29) is 34.1 Å². The number of carbonyl (C=O) groups excluding carboxylic acids is 1. The van der Waals surface area contributed by atoms with Gasteiger partial charge in [-0.25, -0.2) is 12.8 Å². The molecule has 11 heteroatoms. The lowest BCUT2D eigenvalue weighted by Gasteiger charge is -2.12. The van der Waals surface area contributed by atoms with Crippen molar-refractivity contribution in [2.75, 3.05) is 11.8 Å². The Morgan fingerprint density at radius 2 is 1.81 bits per heavy atom. The summed E-state index contributed by atoms with van der Waals surface area (Å²) in [5, 5.41) is 13.6. The first-order valence-electron chi connectivity index (χ1n) is 9.17. The van der Waals surface area contributed by atoms with Crippen molar-refractivity contribution in [2.45, 2.75) is 11.4 Å². The van der Waals surface area contributed by atoms with Gasteiger partial charge in [0.2, 0.25) is 0 Å². The fraction of sp³-hybridized carbons (Fsp3) is 0.0952. The summed E-state index contributed by atoms with van der Waals surface area (Å²) in [6.45, 7) is 0.102. The van der Waals surface area contributed by atoms with E-state index >= 15 is 0 Å². The molecule has 9 nitrogen and oxygen atoms in total. The lowest BCUT2D eigenvalue weighted by atomic mass is 10.2. The second-order valence-electron chi connectivity index (χ2n) is 6.58. The summed E-state index contributed by atoms with van der Waals surface area (Å²) >= 11 is 0. The highest BCUT2D eigenvalue weighted by Crippen LogP contribution is 2.30. The van der Waals surface area contributed by atoms with Crippen LogP contribution in [0.1, 0.15) is 15.9 Å². The van der Waals surface area contributed by atoms with Crippen molar-refractivity contribution in [1.82, 2.24) is 5.32 Å². The number of halogens is 1. The number of hydrogen-bond donors (Lipinski definition) is 2. The quantitative estimate of drug-likeness (QED) is 0.392. The number of nitrogens with one attached hydrogen (secondary N) is 2. The molecular weight excluding hydrogens is 441 g/mol. The van der Waals surface area contributed by atoms with Crippen molar-refractivity contribution in [1.29, 1.82) is 0 Å². The number of non-ortho nitro benzene ring substituents is 1. The van der Waals surface area contributed by atoms with E-state index in [0.717, 1.165) is 6.07 Å². The van der Waals surface area contributed by atoms with Crippen molar-refractivity contribution in [2.24, 2.45) is 0 Å². The average molecular weight is 459 g/mol. The van der Waals surface area contributed by atoms with E-state index in [0.29, 0.717) is 5.56 Å². The molecule has 2 N–H and O–H groups in total. The standard InChI is InChI=1S/C21H18FN3O6S/c1-31-20-10-7-17(25(27)28)12-19(20)24-32(29,30)18-8-5-15(6-9-18)21(26)23-13-14-3-2-4-16(22)11-14/h2-12,24H,13H2,1H3,(H,23,26). The molecule has 0 aliphatic heterocycles. The molecular formula is C21H18FN3O6S. The zero-order chi connectivity index (χ0) is 23.3. The number of nitro groups is 1. The highest BCUT2D eigenvalue weighted by Gasteiger charge is 2.20. The maximum Gasteiger partial charge on any atom is 0.271 e. The third-order valence-corrected chi connectivity index (χ3v) is 5.79. The van der Waals surface area contributed by atoms with Crippen molar-refractivity contribution < 1.29 is 27.3 Å². The largest absolute Gasteiger partial charge is 0.495 e. The normalized spacial score (nSPS) is 10.9. The Labute approximate surface area is 183 Å². The first kappa shape index (κ1) is 22.7. The highest BCUT2D eigenvalue weighted by atomic mass is 32.2. The number of benzene rings is 3. The summed E-state index contributed by atoms with van der Waals surface area (Å²) in [4.78, 5) is 22.5. The van der Waals surface area contributed by atoms with Gasteiger partial charge >= 0.3 is 0 Å². The van der Waals surface area contributed by atoms with Gasteiger partial charge in [0.25, 0.3) is 21.6 Å². The second kappa shape index (κ2) is 9.43. The Bertz CT molecular complexity index is 1260. The summed E-state index contributed by atoms with van der Waals surface area (Å²) in [6.07, 6.45) is 0. The lowest BCUT2D eigenvalue weighted by molar-refractivity contribution is -0.384. The predicted octanol–water partition coefficient (Wildman–Crippen LogP) is 3.47. The van der Waals surface area contributed by atoms with Gasteiger partial charge in [-0.05, 0) is 48.0 Å². The molecule has 0 aliphatic carbocycles. The summed E-state index contributed by atoms with van der Waals surface area (Å²) in [5.74, 6) is -0.779. The van der Waals surface area contributed by atoms with E-state index in [1.54, 1.807) is 6.07 Å². The third kappa shape index (κ3) is 5.38. The molecule has 3 rings (SSSR count). The molecule has 0 spiro atoms. The van der Waals surface area contributed by atoms with Crippen molar-refractivity contribution >= 4 is 27.3 Å². The van der Waals surface area contributed by atoms with Gasteiger partial charge in [-0.1, -0.05) is 12.1 Å². The Hall–Kier alpha value is -3.99. The molecule has 0 saturated heterocycles. The molecule has 0 unspecified atom stereocenters. The van der Waals surface area contributed by atoms with Crippen molar-refractivity contribution in [3.8, 4) is 5.75 Å². The van der Waals surface area contributed by atoms with Gasteiger partial charge in [-0.2, -0.15) is 0 Å². The van der Waals surface area contributed by atoms with Crippen LogP contribution in [0, 0.1) is 15.9 Å². The van der Waals surface area contributed by atoms with Crippen LogP contribution in [-0.4, -0.2) is 26.4 Å². The monoisotopic (exact) mass is 459 g/mol. The van der Waals surface area contributed by atoms with E-state index in [1.165, 1.54) is 61.7 Å². The van der Waals surface area contributed by atoms with E-state index in [4.69, 9.17) is 4.74 Å². The smallest absolute Gasteiger partial charge is 0.271 e. The van der Waals surface area contributed by atoms with Gasteiger partial charge in [0.1, 0.15) is 11.6 Å². The lowest BCUT2D eigenvalue weighted by Crippen LogP contribution is -2.23. The molecule has 0 aliphatic rings. The summed E-state index contributed by atoms with van der Waals surface area (Å²) in [5.41, 5.74) is 0.369. The molecule has 0 radical (unpaired) electrons. The van der Waals surface area contributed by atoms with Crippen LogP contribution in [0.25, 0.3) is 0 Å². The minimum atomic E-state index is -4.12. The predicted molar refractivity (Wildman–Crippen MR) is 114 cm³/mol. The minimum absolute atomic E-state index is 0.0985. The zero-order valence-electron chi connectivity index (χ0n) is 16.7. The van der Waals surface area contributed by atoms with Crippen LogP contribution < -0.4 is 14.8 Å². The fourth-order valence-corrected chi connectivity index (χ4v) is 3.87. The van der Waals surface area contributed by atoms with Crippen LogP contribution in [0.4, 0.5) is 15.8 Å². The Balaban J connectivity index is 1.74. The number of sulfonamides is 1. The molecule has 32 heavy (non-hydrogen) atoms. The molecule has 0 atom stereocenters. The third-order valence-electron chi connectivity index (χ3n) is 4.41. The Morgan fingerprint density at radius 1 is 1.09 bits per heavy atom. The molecule has 1 amide bonds. The van der Waals surface area contributed by atoms with Crippen LogP contribution in [0.5, 0.6) is 5.75 Å². The molecule has 3 aromatic carbocycles. The first-order valence-corrected chi connectivity index (χ1v) is 10.7. The van der Waals surface area contributed by atoms with Gasteiger partial charge in [0, 0.05) is 24.2 Å². The summed E-state index contributed by atoms with van der Waals surface area (Å²) in [7, 11) is -2.82. The number of nitro benzene ring substituents is 1. The van der Waals surface area contributed by atoms with E-state index in [9.17, 15) is 27.7 Å². The van der Waals surface area contributed by atoms with Gasteiger partial charge < -0.3 is 10.1 Å². The van der Waals surface area contributed by atoms with Gasteiger partial charge in [0.15, 0.2) is 0 Å². The number of carbonyl (C=O) groups is 1. The Morgan fingerprint density at radius 3 is 2.44 bits per heavy atom. The van der Waals surface area contributed by atoms with E-state index in [2.05, 4.69) is 10.0 Å². The average Bonchev–Trinajstić information content (AvgIpc) is 2.77. The molecule has 0 bridgehead atoms. The van der Waals surface area contributed by atoms with Gasteiger partial charge in [-0.15, -0.1) is 0 Å². The topological polar surface area (TPSA) is 128 Å². The fourth-order valence-electron chi connectivity index (χ4n) is 2.81. The SMILES string of the molecule is COc1ccc([N+](=O)[O-])cc1NS(=O)(=O)c1ccc(C(=O)NCc2cccc(F)c2)cc1. The number of ether oxygens (including phenoxy) is 1. The summed E-state index contributed by atoms with van der Waals surface area (Å²) in [6, 6.07) is 14.4. The number of hydrogen-bond acceptors (Lipinski definition) is 6. The van der Waals surface area contributed by atoms with Crippen molar-refractivity contribution in [3.63, 3.8) is 0 Å². The first-order chi connectivity index (χ1) is 15.2. The molecule has 3 aromatic rings. The number of amides is 1. The van der Waals surface area contributed by atoms with Gasteiger partial charge in [0.05, 0.1) is 22.6 Å². The summed E-state index contributed by atoms with van der Waals surface area (Å²) < 4.78 is 45.9. The number of methoxy groups -OCH3 is 1. The van der Waals surface area contributed by atoms with Crippen LogP contribution in [-0.2, 0) is 16.6 Å². The van der Waals surface area contributed by atoms with Crippen LogP contribution in [0.3, 0.4) is 0 Å². The second-order valence-corrected chi connectivity index (χ2v) is 8.27. The molecule has 166 valence electrons. The van der Waals surface area contributed by atoms with Gasteiger partial charge in [-0.3, -0.25) is 19.6 Å². The maximum atomic E-state index is 13.2. The van der Waals surface area contributed by atoms with Crippen molar-refractivity contribution in [3.05, 3.63) is 93.8 Å². The number of anilines is 1. The van der Waals surface area contributed by atoms with Crippen LogP contribution >= 0.6 is 0 Å². The molecule has 0 heterocycles. The van der Waals surface area contributed by atoms with Crippen LogP contribution in [0.2, 0.25) is 0 Å². The molecule has 0 saturated carbocycles. The van der Waals surface area contributed by atoms with E-state index < -0.39 is 26.7 Å². The Kier molecular flexibility index (Phi) is 6.69. The molecule has 0 fully saturated rings. The maximum absolute atomic E-state index is 13.2.